The fraction of sp³-hybridized carbons (Fsp3) is 0.680. The van der Waals surface area contributed by atoms with Crippen molar-refractivity contribution in [3.05, 3.63) is 23.3 Å². The minimum absolute atomic E-state index is 0.0411. The molecule has 0 bridgehead atoms. The van der Waals surface area contributed by atoms with Crippen molar-refractivity contribution in [3.63, 3.8) is 0 Å². The number of hydrogen-bond acceptors (Lipinski definition) is 6. The van der Waals surface area contributed by atoms with Gasteiger partial charge in [0.15, 0.2) is 0 Å². The Kier molecular flexibility index (Phi) is 9.20. The largest absolute Gasteiger partial charge is 0.465 e. The smallest absolute Gasteiger partial charge is 0.333 e. The summed E-state index contributed by atoms with van der Waals surface area (Å²) in [5.74, 6) is -0.181. The van der Waals surface area contributed by atoms with Gasteiger partial charge in [0, 0.05) is 36.2 Å². The molecule has 0 spiro atoms. The van der Waals surface area contributed by atoms with Gasteiger partial charge in [0.1, 0.15) is 17.7 Å². The Labute approximate surface area is 185 Å². The first-order valence-electron chi connectivity index (χ1n) is 11.3. The number of hydrogen-bond donors (Lipinski definition) is 0. The maximum absolute atomic E-state index is 12.6. The van der Waals surface area contributed by atoms with E-state index in [-0.39, 0.29) is 35.5 Å². The van der Waals surface area contributed by atoms with Crippen molar-refractivity contribution >= 4 is 23.5 Å². The summed E-state index contributed by atoms with van der Waals surface area (Å²) in [5.41, 5.74) is 1.41. The van der Waals surface area contributed by atoms with Crippen molar-refractivity contribution in [1.29, 1.82) is 0 Å². The quantitative estimate of drug-likeness (QED) is 0.329. The average Bonchev–Trinajstić information content (AvgIpc) is 3.13. The van der Waals surface area contributed by atoms with E-state index >= 15 is 0 Å². The highest BCUT2D eigenvalue weighted by Gasteiger charge is 2.35. The Hall–Kier alpha value is -2.24. The Morgan fingerprint density at radius 3 is 2.52 bits per heavy atom. The first kappa shape index (κ1) is 25.0. The van der Waals surface area contributed by atoms with E-state index in [1.54, 1.807) is 6.92 Å². The average molecular weight is 433 g/mol. The fourth-order valence-corrected chi connectivity index (χ4v) is 4.01. The molecule has 0 amide bonds. The molecule has 0 aromatic heterocycles. The fourth-order valence-electron chi connectivity index (χ4n) is 4.01. The topological polar surface area (TPSA) is 86.7 Å². The minimum Gasteiger partial charge on any atom is -0.465 e. The molecule has 0 N–H and O–H groups in total. The number of rotatable bonds is 12. The third-order valence-corrected chi connectivity index (χ3v) is 6.27. The van der Waals surface area contributed by atoms with Crippen LogP contribution in [-0.2, 0) is 28.7 Å². The molecule has 1 unspecified atom stereocenters. The lowest BCUT2D eigenvalue weighted by atomic mass is 9.80. The lowest BCUT2D eigenvalue weighted by molar-refractivity contribution is -0.148. The summed E-state index contributed by atoms with van der Waals surface area (Å²) in [6.07, 6.45) is 9.20. The highest BCUT2D eigenvalue weighted by atomic mass is 16.6. The molecule has 0 aromatic rings. The second-order valence-corrected chi connectivity index (χ2v) is 9.51. The van der Waals surface area contributed by atoms with Crippen LogP contribution >= 0.6 is 0 Å². The van der Waals surface area contributed by atoms with E-state index in [9.17, 15) is 19.2 Å². The first-order valence-corrected chi connectivity index (χ1v) is 11.3. The molecule has 6 nitrogen and oxygen atoms in total. The predicted molar refractivity (Wildman–Crippen MR) is 117 cm³/mol. The Morgan fingerprint density at radius 2 is 1.90 bits per heavy atom. The summed E-state index contributed by atoms with van der Waals surface area (Å²) in [7, 11) is 0. The summed E-state index contributed by atoms with van der Waals surface area (Å²) in [6, 6.07) is 0. The normalized spacial score (nSPS) is 22.1. The second-order valence-electron chi connectivity index (χ2n) is 9.51. The number of carbonyl (C=O) groups excluding carboxylic acids is 4. The van der Waals surface area contributed by atoms with Gasteiger partial charge in [-0.3, -0.25) is 9.59 Å². The van der Waals surface area contributed by atoms with Crippen LogP contribution < -0.4 is 0 Å². The highest BCUT2D eigenvalue weighted by Crippen LogP contribution is 2.29. The van der Waals surface area contributed by atoms with Crippen LogP contribution in [-0.4, -0.2) is 36.2 Å². The molecule has 0 aromatic carbocycles. The Morgan fingerprint density at radius 1 is 1.16 bits per heavy atom. The molecule has 0 radical (unpaired) electrons. The standard InChI is InChI=1S/C25H36O6/c1-17(10-13-22(27)25(3,4)14-6-8-18(2)26)7-5-9-19-11-12-21(31-24(19)29)20-15-23(28)30-16-20/h7,11,20-21H,5-6,8-10,12-16H2,1-4H3/b17-7+/t20?,21-/m1/s1. The van der Waals surface area contributed by atoms with Crippen molar-refractivity contribution < 1.29 is 28.7 Å². The van der Waals surface area contributed by atoms with Crippen molar-refractivity contribution in [3.8, 4) is 0 Å². The highest BCUT2D eigenvalue weighted by molar-refractivity contribution is 5.89. The summed E-state index contributed by atoms with van der Waals surface area (Å²) < 4.78 is 10.5. The number of esters is 2. The third kappa shape index (κ3) is 8.08. The zero-order chi connectivity index (χ0) is 23.0. The van der Waals surface area contributed by atoms with Crippen molar-refractivity contribution in [2.24, 2.45) is 11.3 Å². The van der Waals surface area contributed by atoms with E-state index in [1.807, 2.05) is 26.8 Å². The number of carbonyl (C=O) groups is 4. The van der Waals surface area contributed by atoms with Crippen LogP contribution in [0.1, 0.15) is 85.5 Å². The van der Waals surface area contributed by atoms with Gasteiger partial charge in [-0.05, 0) is 46.0 Å². The van der Waals surface area contributed by atoms with Gasteiger partial charge in [-0.15, -0.1) is 0 Å². The minimum atomic E-state index is -0.405. The molecule has 31 heavy (non-hydrogen) atoms. The molecular weight excluding hydrogens is 396 g/mol. The maximum Gasteiger partial charge on any atom is 0.333 e. The number of Topliss-reactive ketones (excluding diaryl/α,β-unsaturated/α-hetero) is 2. The summed E-state index contributed by atoms with van der Waals surface area (Å²) in [6.45, 7) is 7.83. The van der Waals surface area contributed by atoms with E-state index < -0.39 is 5.41 Å². The maximum atomic E-state index is 12.6. The molecule has 2 aliphatic heterocycles. The molecule has 2 rings (SSSR count). The van der Waals surface area contributed by atoms with Crippen molar-refractivity contribution in [2.75, 3.05) is 6.61 Å². The van der Waals surface area contributed by atoms with Gasteiger partial charge in [0.25, 0.3) is 0 Å². The molecule has 6 heteroatoms. The van der Waals surface area contributed by atoms with E-state index in [4.69, 9.17) is 9.47 Å². The van der Waals surface area contributed by atoms with Gasteiger partial charge in [0.05, 0.1) is 13.0 Å². The van der Waals surface area contributed by atoms with E-state index in [0.717, 1.165) is 24.8 Å². The zero-order valence-electron chi connectivity index (χ0n) is 19.3. The van der Waals surface area contributed by atoms with Crippen LogP contribution in [0.3, 0.4) is 0 Å². The monoisotopic (exact) mass is 432 g/mol. The summed E-state index contributed by atoms with van der Waals surface area (Å²) in [5, 5.41) is 0. The van der Waals surface area contributed by atoms with Crippen LogP contribution in [0.4, 0.5) is 0 Å². The van der Waals surface area contributed by atoms with Gasteiger partial charge >= 0.3 is 11.9 Å². The lowest BCUT2D eigenvalue weighted by Gasteiger charge is -2.25. The molecule has 172 valence electrons. The third-order valence-electron chi connectivity index (χ3n) is 6.27. The van der Waals surface area contributed by atoms with Crippen LogP contribution in [0, 0.1) is 11.3 Å². The molecule has 0 saturated carbocycles. The summed E-state index contributed by atoms with van der Waals surface area (Å²) >= 11 is 0. The van der Waals surface area contributed by atoms with Crippen LogP contribution in [0.5, 0.6) is 0 Å². The van der Waals surface area contributed by atoms with Gasteiger partial charge in [-0.1, -0.05) is 31.6 Å². The molecular formula is C25H36O6. The van der Waals surface area contributed by atoms with Crippen LogP contribution in [0.25, 0.3) is 0 Å². The molecule has 1 fully saturated rings. The van der Waals surface area contributed by atoms with Crippen molar-refractivity contribution in [1.82, 2.24) is 0 Å². The van der Waals surface area contributed by atoms with E-state index in [0.29, 0.717) is 50.7 Å². The number of ketones is 2. The van der Waals surface area contributed by atoms with Crippen LogP contribution in [0.2, 0.25) is 0 Å². The predicted octanol–water partition coefficient (Wildman–Crippen LogP) is 4.65. The molecule has 2 atom stereocenters. The SMILES string of the molecule is CC(=O)CCCC(C)(C)C(=O)CC/C(C)=C/CCC1=CC[C@H](C2COC(=O)C2)OC1=O. The molecule has 2 aliphatic rings. The number of allylic oxidation sites excluding steroid dienone is 2. The van der Waals surface area contributed by atoms with E-state index in [1.165, 1.54) is 0 Å². The zero-order valence-corrected chi connectivity index (χ0v) is 19.3. The Balaban J connectivity index is 1.73. The molecule has 1 saturated heterocycles. The van der Waals surface area contributed by atoms with Gasteiger partial charge in [-0.2, -0.15) is 0 Å². The Bertz CT molecular complexity index is 758. The number of cyclic esters (lactones) is 2. The summed E-state index contributed by atoms with van der Waals surface area (Å²) in [4.78, 5) is 47.2. The first-order chi connectivity index (χ1) is 14.6. The number of ether oxygens (including phenoxy) is 2. The molecule has 2 heterocycles. The second kappa shape index (κ2) is 11.4. The van der Waals surface area contributed by atoms with Crippen LogP contribution in [0.15, 0.2) is 23.3 Å². The van der Waals surface area contributed by atoms with Gasteiger partial charge < -0.3 is 14.3 Å². The van der Waals surface area contributed by atoms with Gasteiger partial charge in [-0.25, -0.2) is 4.79 Å². The van der Waals surface area contributed by atoms with Crippen molar-refractivity contribution in [2.45, 2.75) is 91.6 Å². The van der Waals surface area contributed by atoms with Gasteiger partial charge in [0.2, 0.25) is 0 Å². The molecule has 0 aliphatic carbocycles. The van der Waals surface area contributed by atoms with E-state index in [2.05, 4.69) is 6.08 Å². The lowest BCUT2D eigenvalue weighted by Crippen LogP contribution is -2.31.